The quantitative estimate of drug-likeness (QED) is 0.225. The Morgan fingerprint density at radius 3 is 2.26 bits per heavy atom. The highest BCUT2D eigenvalue weighted by molar-refractivity contribution is 6.40. The van der Waals surface area contributed by atoms with Gasteiger partial charge in [-0.25, -0.2) is 10.1 Å². The molecular weight excluding hydrogens is 438 g/mol. The molecule has 0 atom stereocenters. The third kappa shape index (κ3) is 4.84. The molecule has 0 spiro atoms. The van der Waals surface area contributed by atoms with Crippen molar-refractivity contribution in [2.24, 2.45) is 5.10 Å². The summed E-state index contributed by atoms with van der Waals surface area (Å²) < 4.78 is 1.75. The maximum absolute atomic E-state index is 12.5. The van der Waals surface area contributed by atoms with Crippen LogP contribution in [0.15, 0.2) is 114 Å². The number of carbonyl (C=O) groups excluding carboxylic acids is 2. The van der Waals surface area contributed by atoms with Crippen molar-refractivity contribution in [2.45, 2.75) is 0 Å². The van der Waals surface area contributed by atoms with Gasteiger partial charge in [0.2, 0.25) is 0 Å². The lowest BCUT2D eigenvalue weighted by Crippen LogP contribution is -2.32. The molecule has 5 rings (SSSR count). The number of nitrogens with zero attached hydrogens (tertiary/aromatic N) is 3. The van der Waals surface area contributed by atoms with E-state index >= 15 is 0 Å². The summed E-state index contributed by atoms with van der Waals surface area (Å²) in [7, 11) is 0. The Morgan fingerprint density at radius 2 is 1.46 bits per heavy atom. The summed E-state index contributed by atoms with van der Waals surface area (Å²) in [5.74, 6) is -1.67. The number of carbonyl (C=O) groups is 2. The first kappa shape index (κ1) is 21.8. The molecule has 0 fully saturated rings. The van der Waals surface area contributed by atoms with E-state index in [4.69, 9.17) is 5.10 Å². The Kier molecular flexibility index (Phi) is 6.13. The molecule has 0 unspecified atom stereocenters. The average Bonchev–Trinajstić information content (AvgIpc) is 3.34. The molecule has 0 bridgehead atoms. The summed E-state index contributed by atoms with van der Waals surface area (Å²) >= 11 is 0. The van der Waals surface area contributed by atoms with Crippen molar-refractivity contribution in [3.63, 3.8) is 0 Å². The van der Waals surface area contributed by atoms with E-state index in [1.807, 2.05) is 103 Å². The molecule has 7 heteroatoms. The number of amides is 2. The van der Waals surface area contributed by atoms with Gasteiger partial charge >= 0.3 is 11.8 Å². The molecule has 5 aromatic rings. The minimum absolute atomic E-state index is 0.558. The van der Waals surface area contributed by atoms with Gasteiger partial charge < -0.3 is 5.32 Å². The van der Waals surface area contributed by atoms with E-state index in [1.54, 1.807) is 10.7 Å². The highest BCUT2D eigenvalue weighted by Gasteiger charge is 2.15. The third-order valence-electron chi connectivity index (χ3n) is 5.42. The molecule has 0 radical (unpaired) electrons. The zero-order valence-corrected chi connectivity index (χ0v) is 18.6. The van der Waals surface area contributed by atoms with Crippen LogP contribution >= 0.6 is 0 Å². The van der Waals surface area contributed by atoms with E-state index in [0.29, 0.717) is 16.9 Å². The standard InChI is InChI=1S/C28H21N5O2/c34-27(30-25-17-9-13-20-10-7-8-16-24(20)25)28(35)31-29-18-22-19-33(23-14-5-2-6-15-23)32-26(22)21-11-3-1-4-12-21/h1-19H,(H,30,34)(H,31,35)/b29-18-. The summed E-state index contributed by atoms with van der Waals surface area (Å²) in [5.41, 5.74) is 6.06. The van der Waals surface area contributed by atoms with E-state index < -0.39 is 11.8 Å². The van der Waals surface area contributed by atoms with Gasteiger partial charge in [0.05, 0.1) is 11.9 Å². The van der Waals surface area contributed by atoms with Crippen molar-refractivity contribution in [1.29, 1.82) is 0 Å². The van der Waals surface area contributed by atoms with Gasteiger partial charge in [0.25, 0.3) is 0 Å². The molecule has 7 nitrogen and oxygen atoms in total. The number of anilines is 1. The first-order valence-corrected chi connectivity index (χ1v) is 11.0. The average molecular weight is 460 g/mol. The van der Waals surface area contributed by atoms with E-state index in [1.165, 1.54) is 6.21 Å². The maximum atomic E-state index is 12.5. The second kappa shape index (κ2) is 9.84. The van der Waals surface area contributed by atoms with Gasteiger partial charge in [-0.05, 0) is 23.6 Å². The molecule has 0 aliphatic carbocycles. The maximum Gasteiger partial charge on any atom is 0.329 e. The lowest BCUT2D eigenvalue weighted by molar-refractivity contribution is -0.136. The Morgan fingerprint density at radius 1 is 0.771 bits per heavy atom. The Balaban J connectivity index is 1.34. The molecule has 1 aromatic heterocycles. The van der Waals surface area contributed by atoms with Crippen LogP contribution in [0.2, 0.25) is 0 Å². The van der Waals surface area contributed by atoms with Gasteiger partial charge in [0.1, 0.15) is 5.69 Å². The fourth-order valence-corrected chi connectivity index (χ4v) is 3.74. The van der Waals surface area contributed by atoms with Gasteiger partial charge in [-0.2, -0.15) is 10.2 Å². The minimum Gasteiger partial charge on any atom is -0.317 e. The number of rotatable bonds is 5. The van der Waals surface area contributed by atoms with Crippen molar-refractivity contribution in [3.8, 4) is 16.9 Å². The second-order valence-electron chi connectivity index (χ2n) is 7.76. The van der Waals surface area contributed by atoms with Gasteiger partial charge in [0, 0.05) is 28.4 Å². The number of para-hydroxylation sites is 1. The summed E-state index contributed by atoms with van der Waals surface area (Å²) in [5, 5.41) is 13.2. The van der Waals surface area contributed by atoms with Crippen molar-refractivity contribution >= 4 is 34.5 Å². The summed E-state index contributed by atoms with van der Waals surface area (Å²) in [6, 6.07) is 32.5. The lowest BCUT2D eigenvalue weighted by atomic mass is 10.1. The molecule has 0 saturated heterocycles. The molecule has 0 aliphatic heterocycles. The fourth-order valence-electron chi connectivity index (χ4n) is 3.74. The molecule has 2 amide bonds. The Hall–Kier alpha value is -5.04. The second-order valence-corrected chi connectivity index (χ2v) is 7.76. The van der Waals surface area contributed by atoms with E-state index in [0.717, 1.165) is 22.0 Å². The number of fused-ring (bicyclic) bond motifs is 1. The number of hydrogen-bond acceptors (Lipinski definition) is 4. The largest absolute Gasteiger partial charge is 0.329 e. The van der Waals surface area contributed by atoms with Gasteiger partial charge in [0.15, 0.2) is 0 Å². The summed E-state index contributed by atoms with van der Waals surface area (Å²) in [6.45, 7) is 0. The number of hydrogen-bond donors (Lipinski definition) is 2. The van der Waals surface area contributed by atoms with E-state index in [2.05, 4.69) is 15.8 Å². The topological polar surface area (TPSA) is 88.4 Å². The van der Waals surface area contributed by atoms with Crippen LogP contribution in [0, 0.1) is 0 Å². The van der Waals surface area contributed by atoms with Gasteiger partial charge in [-0.3, -0.25) is 9.59 Å². The molecular formula is C28H21N5O2. The monoisotopic (exact) mass is 459 g/mol. The van der Waals surface area contributed by atoms with Crippen molar-refractivity contribution < 1.29 is 9.59 Å². The van der Waals surface area contributed by atoms with Gasteiger partial charge in [-0.1, -0.05) is 84.9 Å². The minimum atomic E-state index is -0.870. The van der Waals surface area contributed by atoms with Crippen LogP contribution in [0.4, 0.5) is 5.69 Å². The molecule has 1 heterocycles. The molecule has 2 N–H and O–H groups in total. The van der Waals surface area contributed by atoms with Gasteiger partial charge in [-0.15, -0.1) is 0 Å². The van der Waals surface area contributed by atoms with Crippen LogP contribution in [0.5, 0.6) is 0 Å². The Labute approximate surface area is 201 Å². The molecule has 0 saturated carbocycles. The zero-order valence-electron chi connectivity index (χ0n) is 18.6. The van der Waals surface area contributed by atoms with Crippen molar-refractivity contribution in [3.05, 3.63) is 115 Å². The van der Waals surface area contributed by atoms with Crippen LogP contribution in [0.3, 0.4) is 0 Å². The summed E-state index contributed by atoms with van der Waals surface area (Å²) in [6.07, 6.45) is 3.31. The number of hydrazone groups is 1. The van der Waals surface area contributed by atoms with Crippen molar-refractivity contribution in [2.75, 3.05) is 5.32 Å². The van der Waals surface area contributed by atoms with Crippen LogP contribution in [0.1, 0.15) is 5.56 Å². The molecule has 0 aliphatic rings. The van der Waals surface area contributed by atoms with E-state index in [9.17, 15) is 9.59 Å². The normalized spacial score (nSPS) is 11.0. The summed E-state index contributed by atoms with van der Waals surface area (Å²) in [4.78, 5) is 24.9. The highest BCUT2D eigenvalue weighted by Crippen LogP contribution is 2.23. The highest BCUT2D eigenvalue weighted by atomic mass is 16.2. The molecule has 4 aromatic carbocycles. The third-order valence-corrected chi connectivity index (χ3v) is 5.42. The van der Waals surface area contributed by atoms with E-state index in [-0.39, 0.29) is 0 Å². The fraction of sp³-hybridized carbons (Fsp3) is 0. The predicted molar refractivity (Wildman–Crippen MR) is 137 cm³/mol. The van der Waals surface area contributed by atoms with Crippen LogP contribution < -0.4 is 10.7 Å². The van der Waals surface area contributed by atoms with Crippen LogP contribution in [-0.4, -0.2) is 27.8 Å². The first-order valence-electron chi connectivity index (χ1n) is 11.0. The van der Waals surface area contributed by atoms with Crippen LogP contribution in [-0.2, 0) is 9.59 Å². The zero-order chi connectivity index (χ0) is 24.0. The number of benzene rings is 4. The smallest absolute Gasteiger partial charge is 0.317 e. The lowest BCUT2D eigenvalue weighted by Gasteiger charge is -2.07. The first-order chi connectivity index (χ1) is 17.2. The Bertz CT molecular complexity index is 1520. The van der Waals surface area contributed by atoms with Crippen LogP contribution in [0.25, 0.3) is 27.7 Å². The SMILES string of the molecule is O=C(N/N=C\c1cn(-c2ccccc2)nc1-c1ccccc1)C(=O)Nc1cccc2ccccc12. The molecule has 35 heavy (non-hydrogen) atoms. The predicted octanol–water partition coefficient (Wildman–Crippen LogP) is 4.78. The number of aromatic nitrogens is 2. The number of nitrogens with one attached hydrogen (secondary N) is 2. The van der Waals surface area contributed by atoms with Crippen molar-refractivity contribution in [1.82, 2.24) is 15.2 Å². The molecule has 170 valence electrons.